The van der Waals surface area contributed by atoms with Gasteiger partial charge in [0.15, 0.2) is 0 Å². The Morgan fingerprint density at radius 1 is 1.26 bits per heavy atom. The van der Waals surface area contributed by atoms with Crippen molar-refractivity contribution in [3.05, 3.63) is 30.3 Å². The Bertz CT molecular complexity index is 336. The van der Waals surface area contributed by atoms with Crippen LogP contribution in [0.2, 0.25) is 0 Å². The second kappa shape index (κ2) is 8.18. The van der Waals surface area contributed by atoms with Crippen molar-refractivity contribution < 1.29 is 9.47 Å². The van der Waals surface area contributed by atoms with E-state index in [0.29, 0.717) is 12.7 Å². The van der Waals surface area contributed by atoms with Crippen molar-refractivity contribution in [2.45, 2.75) is 50.7 Å². The smallest absolute Gasteiger partial charge is 0.119 e. The average Bonchev–Trinajstić information content (AvgIpc) is 2.93. The highest BCUT2D eigenvalue weighted by Crippen LogP contribution is 2.18. The van der Waals surface area contributed by atoms with Crippen molar-refractivity contribution in [2.75, 3.05) is 13.2 Å². The molecule has 1 aromatic rings. The van der Waals surface area contributed by atoms with Gasteiger partial charge in [0.05, 0.1) is 12.7 Å². The van der Waals surface area contributed by atoms with Gasteiger partial charge in [0.1, 0.15) is 5.75 Å². The highest BCUT2D eigenvalue weighted by Gasteiger charge is 2.15. The molecule has 3 nitrogen and oxygen atoms in total. The van der Waals surface area contributed by atoms with E-state index in [0.717, 1.165) is 38.0 Å². The molecule has 0 aliphatic carbocycles. The normalized spacial score (nSPS) is 20.4. The standard InChI is InChI=1S/C16H25NO2/c17-14(6-4-9-16-10-5-12-18-16)11-13-19-15-7-2-1-3-8-15/h1-3,7-8,14,16H,4-6,9-13,17H2. The van der Waals surface area contributed by atoms with E-state index < -0.39 is 0 Å². The first kappa shape index (κ1) is 14.4. The van der Waals surface area contributed by atoms with Gasteiger partial charge in [-0.25, -0.2) is 0 Å². The Kier molecular flexibility index (Phi) is 6.18. The highest BCUT2D eigenvalue weighted by atomic mass is 16.5. The SMILES string of the molecule is NC(CCCC1CCCO1)CCOc1ccccc1. The predicted molar refractivity (Wildman–Crippen MR) is 77.4 cm³/mol. The first-order valence-electron chi connectivity index (χ1n) is 7.39. The average molecular weight is 263 g/mol. The molecule has 1 saturated heterocycles. The second-order valence-corrected chi connectivity index (χ2v) is 5.28. The molecule has 1 heterocycles. The highest BCUT2D eigenvalue weighted by molar-refractivity contribution is 5.20. The molecule has 106 valence electrons. The van der Waals surface area contributed by atoms with Crippen LogP contribution in [0.1, 0.15) is 38.5 Å². The zero-order valence-electron chi connectivity index (χ0n) is 11.6. The summed E-state index contributed by atoms with van der Waals surface area (Å²) in [6.45, 7) is 1.65. The third-order valence-electron chi connectivity index (χ3n) is 3.63. The molecular weight excluding hydrogens is 238 g/mol. The molecule has 2 atom stereocenters. The lowest BCUT2D eigenvalue weighted by Crippen LogP contribution is -2.23. The maximum atomic E-state index is 6.10. The molecular formula is C16H25NO2. The molecule has 0 aromatic heterocycles. The van der Waals surface area contributed by atoms with Gasteiger partial charge in [-0.15, -0.1) is 0 Å². The van der Waals surface area contributed by atoms with E-state index in [2.05, 4.69) is 0 Å². The van der Waals surface area contributed by atoms with Gasteiger partial charge in [-0.3, -0.25) is 0 Å². The van der Waals surface area contributed by atoms with E-state index in [1.807, 2.05) is 30.3 Å². The molecule has 0 radical (unpaired) electrons. The molecule has 19 heavy (non-hydrogen) atoms. The van der Waals surface area contributed by atoms with Crippen LogP contribution in [0.25, 0.3) is 0 Å². The molecule has 2 rings (SSSR count). The first-order chi connectivity index (χ1) is 9.34. The third-order valence-corrected chi connectivity index (χ3v) is 3.63. The van der Waals surface area contributed by atoms with E-state index in [-0.39, 0.29) is 6.04 Å². The van der Waals surface area contributed by atoms with Gasteiger partial charge < -0.3 is 15.2 Å². The monoisotopic (exact) mass is 263 g/mol. The maximum absolute atomic E-state index is 6.10. The molecule has 0 bridgehead atoms. The second-order valence-electron chi connectivity index (χ2n) is 5.28. The molecule has 2 unspecified atom stereocenters. The Morgan fingerprint density at radius 2 is 2.11 bits per heavy atom. The molecule has 2 N–H and O–H groups in total. The number of rotatable bonds is 8. The van der Waals surface area contributed by atoms with Crippen molar-refractivity contribution in [3.63, 3.8) is 0 Å². The Morgan fingerprint density at radius 3 is 2.84 bits per heavy atom. The number of benzene rings is 1. The van der Waals surface area contributed by atoms with E-state index in [1.54, 1.807) is 0 Å². The largest absolute Gasteiger partial charge is 0.494 e. The number of hydrogen-bond acceptors (Lipinski definition) is 3. The minimum atomic E-state index is 0.241. The lowest BCUT2D eigenvalue weighted by molar-refractivity contribution is 0.101. The van der Waals surface area contributed by atoms with Crippen molar-refractivity contribution in [3.8, 4) is 5.75 Å². The fraction of sp³-hybridized carbons (Fsp3) is 0.625. The summed E-state index contributed by atoms with van der Waals surface area (Å²) in [7, 11) is 0. The van der Waals surface area contributed by atoms with E-state index in [4.69, 9.17) is 15.2 Å². The summed E-state index contributed by atoms with van der Waals surface area (Å²) in [4.78, 5) is 0. The van der Waals surface area contributed by atoms with Gasteiger partial charge in [-0.05, 0) is 50.7 Å². The zero-order valence-corrected chi connectivity index (χ0v) is 11.6. The summed E-state index contributed by atoms with van der Waals surface area (Å²) >= 11 is 0. The lowest BCUT2D eigenvalue weighted by Gasteiger charge is -2.14. The summed E-state index contributed by atoms with van der Waals surface area (Å²) in [6, 6.07) is 10.1. The van der Waals surface area contributed by atoms with Gasteiger partial charge >= 0.3 is 0 Å². The number of hydrogen-bond donors (Lipinski definition) is 1. The molecule has 1 aliphatic heterocycles. The number of ether oxygens (including phenoxy) is 2. The predicted octanol–water partition coefficient (Wildman–Crippen LogP) is 3.13. The van der Waals surface area contributed by atoms with Crippen molar-refractivity contribution in [1.82, 2.24) is 0 Å². The van der Waals surface area contributed by atoms with Gasteiger partial charge in [0, 0.05) is 12.6 Å². The van der Waals surface area contributed by atoms with Crippen LogP contribution < -0.4 is 10.5 Å². The summed E-state index contributed by atoms with van der Waals surface area (Å²) < 4.78 is 11.3. The Labute approximate surface area is 116 Å². The summed E-state index contributed by atoms with van der Waals surface area (Å²) in [6.07, 6.45) is 7.25. The quantitative estimate of drug-likeness (QED) is 0.783. The molecule has 1 fully saturated rings. The summed E-state index contributed by atoms with van der Waals surface area (Å²) in [5.41, 5.74) is 6.10. The Balaban J connectivity index is 1.51. The third kappa shape index (κ3) is 5.62. The van der Waals surface area contributed by atoms with E-state index in [9.17, 15) is 0 Å². The molecule has 3 heteroatoms. The van der Waals surface area contributed by atoms with Crippen LogP contribution in [0.5, 0.6) is 5.75 Å². The molecule has 0 spiro atoms. The molecule has 0 amide bonds. The van der Waals surface area contributed by atoms with Gasteiger partial charge in [0.2, 0.25) is 0 Å². The van der Waals surface area contributed by atoms with Crippen LogP contribution >= 0.6 is 0 Å². The van der Waals surface area contributed by atoms with Gasteiger partial charge in [-0.2, -0.15) is 0 Å². The fourth-order valence-electron chi connectivity index (χ4n) is 2.47. The lowest BCUT2D eigenvalue weighted by atomic mass is 10.0. The minimum Gasteiger partial charge on any atom is -0.494 e. The zero-order chi connectivity index (χ0) is 13.3. The first-order valence-corrected chi connectivity index (χ1v) is 7.39. The van der Waals surface area contributed by atoms with Crippen molar-refractivity contribution in [1.29, 1.82) is 0 Å². The number of para-hydroxylation sites is 1. The van der Waals surface area contributed by atoms with Crippen molar-refractivity contribution in [2.24, 2.45) is 5.73 Å². The van der Waals surface area contributed by atoms with Crippen LogP contribution in [0, 0.1) is 0 Å². The van der Waals surface area contributed by atoms with Crippen molar-refractivity contribution >= 4 is 0 Å². The van der Waals surface area contributed by atoms with E-state index in [1.165, 1.54) is 12.8 Å². The molecule has 1 aliphatic rings. The van der Waals surface area contributed by atoms with Crippen LogP contribution in [0.3, 0.4) is 0 Å². The van der Waals surface area contributed by atoms with Gasteiger partial charge in [0.25, 0.3) is 0 Å². The minimum absolute atomic E-state index is 0.241. The molecule has 0 saturated carbocycles. The van der Waals surface area contributed by atoms with Gasteiger partial charge in [-0.1, -0.05) is 18.2 Å². The van der Waals surface area contributed by atoms with Crippen LogP contribution in [-0.2, 0) is 4.74 Å². The number of nitrogens with two attached hydrogens (primary N) is 1. The van der Waals surface area contributed by atoms with Crippen LogP contribution in [0.15, 0.2) is 30.3 Å². The summed E-state index contributed by atoms with van der Waals surface area (Å²) in [5.74, 6) is 0.925. The Hall–Kier alpha value is -1.06. The maximum Gasteiger partial charge on any atom is 0.119 e. The van der Waals surface area contributed by atoms with E-state index >= 15 is 0 Å². The van der Waals surface area contributed by atoms with Crippen LogP contribution in [0.4, 0.5) is 0 Å². The van der Waals surface area contributed by atoms with Crippen LogP contribution in [-0.4, -0.2) is 25.4 Å². The topological polar surface area (TPSA) is 44.5 Å². The fourth-order valence-corrected chi connectivity index (χ4v) is 2.47. The summed E-state index contributed by atoms with van der Waals surface area (Å²) in [5, 5.41) is 0. The molecule has 1 aromatic carbocycles.